The first kappa shape index (κ1) is 25.0. The molecule has 0 N–H and O–H groups in total. The maximum absolute atomic E-state index is 5.36. The first-order valence-electron chi connectivity index (χ1n) is 14.5. The molecule has 9 aromatic rings. The molecule has 0 aliphatic rings. The Morgan fingerprint density at radius 3 is 1.81 bits per heavy atom. The first-order chi connectivity index (χ1) is 21.2. The summed E-state index contributed by atoms with van der Waals surface area (Å²) >= 11 is 3.74. The molecule has 0 saturated heterocycles. The molecule has 0 saturated carbocycles. The number of fused-ring (bicyclic) bond motifs is 11. The second-order valence-electron chi connectivity index (χ2n) is 11.1. The number of aromatic nitrogens is 2. The van der Waals surface area contributed by atoms with E-state index in [4.69, 9.17) is 4.98 Å². The van der Waals surface area contributed by atoms with Gasteiger partial charge in [-0.1, -0.05) is 0 Å². The number of benzene rings is 7. The van der Waals surface area contributed by atoms with Crippen molar-refractivity contribution >= 4 is 96.4 Å². The summed E-state index contributed by atoms with van der Waals surface area (Å²) in [7, 11) is 0. The summed E-state index contributed by atoms with van der Waals surface area (Å²) in [5.41, 5.74) is 2.29. The Balaban J connectivity index is 1.47. The average molecular weight is 632 g/mol. The van der Waals surface area contributed by atoms with Crippen LogP contribution in [0.5, 0.6) is 0 Å². The molecule has 0 aliphatic carbocycles. The second-order valence-corrected chi connectivity index (χ2v) is 17.4. The Hall–Kier alpha value is -4.52. The second kappa shape index (κ2) is 9.49. The molecule has 2 nitrogen and oxygen atoms in total. The van der Waals surface area contributed by atoms with Gasteiger partial charge in [-0.2, -0.15) is 0 Å². The van der Waals surface area contributed by atoms with Gasteiger partial charge in [0.2, 0.25) is 0 Å². The topological polar surface area (TPSA) is 17.3 Å². The van der Waals surface area contributed by atoms with E-state index in [0.29, 0.717) is 0 Å². The van der Waals surface area contributed by atoms with E-state index in [1.807, 2.05) is 0 Å². The maximum atomic E-state index is 5.36. The number of hydrogen-bond acceptors (Lipinski definition) is 1. The molecule has 0 bridgehead atoms. The van der Waals surface area contributed by atoms with Gasteiger partial charge in [0.1, 0.15) is 0 Å². The van der Waals surface area contributed by atoms with Crippen molar-refractivity contribution in [1.29, 1.82) is 0 Å². The quantitative estimate of drug-likeness (QED) is 0.0828. The van der Waals surface area contributed by atoms with Crippen molar-refractivity contribution in [1.82, 2.24) is 9.38 Å². The van der Waals surface area contributed by atoms with Crippen LogP contribution in [-0.4, -0.2) is 24.5 Å². The van der Waals surface area contributed by atoms with Crippen molar-refractivity contribution in [2.24, 2.45) is 0 Å². The van der Waals surface area contributed by atoms with Crippen molar-refractivity contribution in [2.75, 3.05) is 0 Å². The van der Waals surface area contributed by atoms with Gasteiger partial charge in [-0.05, 0) is 0 Å². The van der Waals surface area contributed by atoms with E-state index in [2.05, 4.69) is 171 Å². The molecular weight excluding hydrogens is 606 g/mol. The summed E-state index contributed by atoms with van der Waals surface area (Å²) < 4.78 is 2.41. The fourth-order valence-electron chi connectivity index (χ4n) is 6.76. The Labute approximate surface area is 256 Å². The van der Waals surface area contributed by atoms with Crippen LogP contribution >= 0.6 is 5.51 Å². The normalized spacial score (nSPS) is 12.3. The minimum absolute atomic E-state index is 1.00. The molecule has 0 amide bonds. The Kier molecular flexibility index (Phi) is 5.52. The van der Waals surface area contributed by atoms with Crippen molar-refractivity contribution in [3.63, 3.8) is 0 Å². The molecule has 7 aromatic carbocycles. The van der Waals surface area contributed by atoms with Crippen molar-refractivity contribution in [2.45, 2.75) is 0 Å². The van der Waals surface area contributed by atoms with Crippen LogP contribution in [0.4, 0.5) is 0 Å². The molecule has 0 fully saturated rings. The Bertz CT molecular complexity index is 2540. The fourth-order valence-corrected chi connectivity index (χ4v) is 11.7. The van der Waals surface area contributed by atoms with Gasteiger partial charge < -0.3 is 0 Å². The summed E-state index contributed by atoms with van der Waals surface area (Å²) in [6.45, 7) is 0. The Morgan fingerprint density at radius 2 is 1.09 bits per heavy atom. The third-order valence-electron chi connectivity index (χ3n) is 8.79. The number of hydrogen-bond donors (Lipinski definition) is 0. The van der Waals surface area contributed by atoms with Crippen LogP contribution in [0.2, 0.25) is 0 Å². The zero-order valence-corrected chi connectivity index (χ0v) is 25.8. The monoisotopic (exact) mass is 632 g/mol. The summed E-state index contributed by atoms with van der Waals surface area (Å²) in [5, 5.41) is 12.6. The van der Waals surface area contributed by atoms with Gasteiger partial charge in [0.15, 0.2) is 0 Å². The van der Waals surface area contributed by atoms with Crippen LogP contribution in [0.1, 0.15) is 0 Å². The minimum atomic E-state index is -2.04. The zero-order valence-electron chi connectivity index (χ0n) is 23.2. The SMILES string of the molecule is [Se]=P(c1ccccc1)(c1ccccc1)c1ccc2nc3c4c5ccccc5ccc4c4cc5ccccc5cc4n3c2c1. The van der Waals surface area contributed by atoms with Gasteiger partial charge in [0.05, 0.1) is 0 Å². The van der Waals surface area contributed by atoms with Crippen LogP contribution in [0.3, 0.4) is 0 Å². The molecule has 0 unspecified atom stereocenters. The van der Waals surface area contributed by atoms with Gasteiger partial charge in [0.25, 0.3) is 0 Å². The molecule has 2 aromatic heterocycles. The summed E-state index contributed by atoms with van der Waals surface area (Å²) in [5.74, 6) is 0. The first-order valence-corrected chi connectivity index (χ1v) is 18.5. The summed E-state index contributed by atoms with van der Waals surface area (Å²) in [6, 6.07) is 55.3. The standard InChI is InChI=1S/C39H25N2PSe/c43-42(29-14-3-1-4-15-29,30-16-5-2-6-17-30)31-20-22-35-37(25-31)41-36-24-28-13-8-7-12-27(28)23-34(36)33-21-19-26-11-9-10-18-32(26)38(33)39(41)40-35/h1-25H. The molecule has 0 atom stereocenters. The van der Waals surface area contributed by atoms with Gasteiger partial charge >= 0.3 is 257 Å². The van der Waals surface area contributed by atoms with E-state index < -0.39 is 5.51 Å². The van der Waals surface area contributed by atoms with E-state index in [-0.39, 0.29) is 0 Å². The molecule has 9 rings (SSSR count). The van der Waals surface area contributed by atoms with Crippen LogP contribution < -0.4 is 15.9 Å². The number of pyridine rings is 1. The number of rotatable bonds is 3. The molecular formula is C39H25N2PSe. The van der Waals surface area contributed by atoms with Gasteiger partial charge in [-0.15, -0.1) is 0 Å². The third kappa shape index (κ3) is 3.66. The molecule has 0 spiro atoms. The van der Waals surface area contributed by atoms with Crippen LogP contribution in [-0.2, 0) is 0 Å². The van der Waals surface area contributed by atoms with E-state index in [1.54, 1.807) is 0 Å². The van der Waals surface area contributed by atoms with Gasteiger partial charge in [-0.25, -0.2) is 0 Å². The van der Waals surface area contributed by atoms with E-state index in [9.17, 15) is 0 Å². The van der Waals surface area contributed by atoms with Crippen molar-refractivity contribution in [3.05, 3.63) is 152 Å². The third-order valence-corrected chi connectivity index (χ3v) is 15.8. The van der Waals surface area contributed by atoms with Gasteiger partial charge in [-0.3, -0.25) is 0 Å². The van der Waals surface area contributed by atoms with Crippen LogP contribution in [0, 0.1) is 0 Å². The van der Waals surface area contributed by atoms with Crippen molar-refractivity contribution in [3.8, 4) is 0 Å². The summed E-state index contributed by atoms with van der Waals surface area (Å²) in [6.07, 6.45) is 0. The molecule has 43 heavy (non-hydrogen) atoms. The molecule has 0 radical (unpaired) electrons. The predicted octanol–water partition coefficient (Wildman–Crippen LogP) is 8.48. The number of nitrogens with zero attached hydrogens (tertiary/aromatic N) is 2. The fraction of sp³-hybridized carbons (Fsp3) is 0. The van der Waals surface area contributed by atoms with Crippen molar-refractivity contribution < 1.29 is 0 Å². The number of imidazole rings is 1. The van der Waals surface area contributed by atoms with E-state index in [1.165, 1.54) is 59.1 Å². The molecule has 4 heteroatoms. The van der Waals surface area contributed by atoms with Crippen LogP contribution in [0.15, 0.2) is 152 Å². The average Bonchev–Trinajstić information content (AvgIpc) is 3.47. The molecule has 202 valence electrons. The molecule has 2 heterocycles. The van der Waals surface area contributed by atoms with Gasteiger partial charge in [0, 0.05) is 0 Å². The zero-order chi connectivity index (χ0) is 28.5. The molecule has 0 aliphatic heterocycles. The van der Waals surface area contributed by atoms with E-state index >= 15 is 0 Å². The Morgan fingerprint density at radius 1 is 0.465 bits per heavy atom. The van der Waals surface area contributed by atoms with Crippen LogP contribution in [0.25, 0.3) is 59.9 Å². The summed E-state index contributed by atoms with van der Waals surface area (Å²) in [4.78, 5) is 5.36. The van der Waals surface area contributed by atoms with E-state index in [0.717, 1.165) is 16.7 Å². The predicted molar refractivity (Wildman–Crippen MR) is 187 cm³/mol.